The minimum Gasteiger partial charge on any atom is -0.482 e. The lowest BCUT2D eigenvalue weighted by Crippen LogP contribution is -2.53. The fourth-order valence-corrected chi connectivity index (χ4v) is 4.68. The number of hydrogen-bond donors (Lipinski definition) is 1. The van der Waals surface area contributed by atoms with Crippen LogP contribution in [0.3, 0.4) is 0 Å². The molecule has 1 saturated carbocycles. The van der Waals surface area contributed by atoms with E-state index in [1.54, 1.807) is 36.4 Å². The van der Waals surface area contributed by atoms with Crippen molar-refractivity contribution in [1.82, 2.24) is 10.2 Å². The van der Waals surface area contributed by atoms with Crippen LogP contribution < -0.4 is 10.1 Å². The quantitative estimate of drug-likeness (QED) is 0.390. The molecule has 0 aliphatic heterocycles. The smallest absolute Gasteiger partial charge is 0.261 e. The molecule has 2 amide bonds. The van der Waals surface area contributed by atoms with Gasteiger partial charge in [0, 0.05) is 19.0 Å². The summed E-state index contributed by atoms with van der Waals surface area (Å²) in [4.78, 5) is 28.7. The first kappa shape index (κ1) is 25.7. The highest BCUT2D eigenvalue weighted by Gasteiger charge is 2.32. The highest BCUT2D eigenvalue weighted by Crippen LogP contribution is 2.24. The van der Waals surface area contributed by atoms with Gasteiger partial charge in [0.15, 0.2) is 6.61 Å². The van der Waals surface area contributed by atoms with Gasteiger partial charge in [0.1, 0.15) is 17.6 Å². The summed E-state index contributed by atoms with van der Waals surface area (Å²) in [6.07, 6.45) is 4.38. The van der Waals surface area contributed by atoms with Crippen molar-refractivity contribution in [3.8, 4) is 5.75 Å². The van der Waals surface area contributed by atoms with Gasteiger partial charge in [-0.1, -0.05) is 79.0 Å². The van der Waals surface area contributed by atoms with Crippen molar-refractivity contribution in [2.24, 2.45) is 0 Å². The minimum absolute atomic E-state index is 0.109. The summed E-state index contributed by atoms with van der Waals surface area (Å²) in [7, 11) is 0. The molecule has 0 heterocycles. The standard InChI is InChI=1S/C29H30ClFN2O3/c30-25-12-6-7-13-27(25)36-20-28(34)33(19-22-14-16-23(31)17-15-22)26(18-21-8-2-1-3-9-21)29(35)32-24-10-4-5-11-24/h1-3,6-9,12-17,24,26H,4-5,10-11,18-20H2,(H,32,35)/t26-/m0/s1. The normalized spacial score (nSPS) is 14.3. The largest absolute Gasteiger partial charge is 0.482 e. The Morgan fingerprint density at radius 2 is 1.61 bits per heavy atom. The van der Waals surface area contributed by atoms with E-state index in [0.29, 0.717) is 22.8 Å². The topological polar surface area (TPSA) is 58.6 Å². The van der Waals surface area contributed by atoms with Crippen molar-refractivity contribution >= 4 is 23.4 Å². The van der Waals surface area contributed by atoms with Gasteiger partial charge in [0.25, 0.3) is 5.91 Å². The molecule has 0 saturated heterocycles. The molecule has 1 aliphatic rings. The van der Waals surface area contributed by atoms with Gasteiger partial charge in [0.05, 0.1) is 5.02 Å². The third-order valence-electron chi connectivity index (χ3n) is 6.43. The Hall–Kier alpha value is -3.38. The first-order valence-corrected chi connectivity index (χ1v) is 12.6. The highest BCUT2D eigenvalue weighted by molar-refractivity contribution is 6.32. The van der Waals surface area contributed by atoms with E-state index in [0.717, 1.165) is 31.2 Å². The third kappa shape index (κ3) is 7.08. The number of halogens is 2. The molecule has 1 atom stereocenters. The Kier molecular flexibility index (Phi) is 8.95. The fourth-order valence-electron chi connectivity index (χ4n) is 4.49. The Morgan fingerprint density at radius 1 is 0.944 bits per heavy atom. The monoisotopic (exact) mass is 508 g/mol. The van der Waals surface area contributed by atoms with Crippen LogP contribution in [-0.4, -0.2) is 35.4 Å². The fraction of sp³-hybridized carbons (Fsp3) is 0.310. The van der Waals surface area contributed by atoms with Crippen LogP contribution in [0.25, 0.3) is 0 Å². The third-order valence-corrected chi connectivity index (χ3v) is 6.74. The van der Waals surface area contributed by atoms with Gasteiger partial charge >= 0.3 is 0 Å². The zero-order valence-corrected chi connectivity index (χ0v) is 20.8. The van der Waals surface area contributed by atoms with Gasteiger partial charge in [-0.05, 0) is 48.2 Å². The first-order valence-electron chi connectivity index (χ1n) is 12.2. The number of para-hydroxylation sites is 1. The van der Waals surface area contributed by atoms with Gasteiger partial charge < -0.3 is 15.0 Å². The maximum absolute atomic E-state index is 13.6. The maximum atomic E-state index is 13.6. The summed E-state index contributed by atoms with van der Waals surface area (Å²) in [6, 6.07) is 21.8. The number of ether oxygens (including phenoxy) is 1. The molecule has 0 aromatic heterocycles. The zero-order valence-electron chi connectivity index (χ0n) is 20.0. The second-order valence-corrected chi connectivity index (χ2v) is 9.47. The molecule has 1 N–H and O–H groups in total. The second-order valence-electron chi connectivity index (χ2n) is 9.06. The van der Waals surface area contributed by atoms with Crippen LogP contribution >= 0.6 is 11.6 Å². The molecule has 4 rings (SSSR count). The molecule has 0 bridgehead atoms. The van der Waals surface area contributed by atoms with Gasteiger partial charge in [0.2, 0.25) is 5.91 Å². The summed E-state index contributed by atoms with van der Waals surface area (Å²) in [6.45, 7) is -0.145. The van der Waals surface area contributed by atoms with Crippen LogP contribution in [0.1, 0.15) is 36.8 Å². The minimum atomic E-state index is -0.764. The predicted octanol–water partition coefficient (Wildman–Crippen LogP) is 5.56. The van der Waals surface area contributed by atoms with Gasteiger partial charge in [-0.25, -0.2) is 4.39 Å². The molecular formula is C29H30ClFN2O3. The molecule has 3 aromatic rings. The SMILES string of the molecule is O=C(NC1CCCC1)[C@H](Cc1ccccc1)N(Cc1ccc(F)cc1)C(=O)COc1ccccc1Cl. The molecule has 3 aromatic carbocycles. The Labute approximate surface area is 216 Å². The van der Waals surface area contributed by atoms with Gasteiger partial charge in [-0.3, -0.25) is 9.59 Å². The van der Waals surface area contributed by atoms with E-state index < -0.39 is 6.04 Å². The van der Waals surface area contributed by atoms with Crippen LogP contribution in [0, 0.1) is 5.82 Å². The Bertz CT molecular complexity index is 1150. The van der Waals surface area contributed by atoms with Crippen molar-refractivity contribution in [3.63, 3.8) is 0 Å². The zero-order chi connectivity index (χ0) is 25.3. The van der Waals surface area contributed by atoms with E-state index in [-0.39, 0.29) is 36.8 Å². The molecule has 1 fully saturated rings. The second kappa shape index (κ2) is 12.5. The predicted molar refractivity (Wildman–Crippen MR) is 138 cm³/mol. The molecule has 0 radical (unpaired) electrons. The number of hydrogen-bond acceptors (Lipinski definition) is 3. The molecule has 0 spiro atoms. The van der Waals surface area contributed by atoms with E-state index in [1.807, 2.05) is 30.3 Å². The van der Waals surface area contributed by atoms with Crippen molar-refractivity contribution in [2.45, 2.75) is 50.7 Å². The van der Waals surface area contributed by atoms with Crippen LogP contribution in [0.15, 0.2) is 78.9 Å². The van der Waals surface area contributed by atoms with E-state index in [4.69, 9.17) is 16.3 Å². The first-order chi connectivity index (χ1) is 17.5. The number of carbonyl (C=O) groups is 2. The maximum Gasteiger partial charge on any atom is 0.261 e. The average Bonchev–Trinajstić information content (AvgIpc) is 3.40. The van der Waals surface area contributed by atoms with Gasteiger partial charge in [-0.2, -0.15) is 0 Å². The molecule has 7 heteroatoms. The molecule has 0 unspecified atom stereocenters. The van der Waals surface area contributed by atoms with E-state index in [2.05, 4.69) is 5.32 Å². The van der Waals surface area contributed by atoms with Crippen LogP contribution in [-0.2, 0) is 22.6 Å². The average molecular weight is 509 g/mol. The number of nitrogens with zero attached hydrogens (tertiary/aromatic N) is 1. The lowest BCUT2D eigenvalue weighted by atomic mass is 10.0. The van der Waals surface area contributed by atoms with Crippen LogP contribution in [0.5, 0.6) is 5.75 Å². The molecule has 188 valence electrons. The molecule has 5 nitrogen and oxygen atoms in total. The van der Waals surface area contributed by atoms with E-state index in [9.17, 15) is 14.0 Å². The number of benzene rings is 3. The molecular weight excluding hydrogens is 479 g/mol. The number of carbonyl (C=O) groups excluding carboxylic acids is 2. The van der Waals surface area contributed by atoms with Crippen LogP contribution in [0.2, 0.25) is 5.02 Å². The summed E-state index contributed by atoms with van der Waals surface area (Å²) in [5, 5.41) is 3.56. The Morgan fingerprint density at radius 3 is 2.31 bits per heavy atom. The number of rotatable bonds is 10. The molecule has 1 aliphatic carbocycles. The Balaban J connectivity index is 1.61. The lowest BCUT2D eigenvalue weighted by Gasteiger charge is -2.32. The van der Waals surface area contributed by atoms with E-state index in [1.165, 1.54) is 17.0 Å². The van der Waals surface area contributed by atoms with Crippen molar-refractivity contribution in [1.29, 1.82) is 0 Å². The summed E-state index contributed by atoms with van der Waals surface area (Å²) in [5.74, 6) is -0.525. The van der Waals surface area contributed by atoms with E-state index >= 15 is 0 Å². The van der Waals surface area contributed by atoms with Crippen molar-refractivity contribution in [3.05, 3.63) is 101 Å². The summed E-state index contributed by atoms with van der Waals surface area (Å²) < 4.78 is 19.3. The van der Waals surface area contributed by atoms with Gasteiger partial charge in [-0.15, -0.1) is 0 Å². The molecule has 36 heavy (non-hydrogen) atoms. The number of nitrogens with one attached hydrogen (secondary N) is 1. The number of amides is 2. The lowest BCUT2D eigenvalue weighted by molar-refractivity contribution is -0.143. The van der Waals surface area contributed by atoms with Crippen LogP contribution in [0.4, 0.5) is 4.39 Å². The van der Waals surface area contributed by atoms with Crippen molar-refractivity contribution in [2.75, 3.05) is 6.61 Å². The van der Waals surface area contributed by atoms with Crippen molar-refractivity contribution < 1.29 is 18.7 Å². The summed E-state index contributed by atoms with van der Waals surface area (Å²) >= 11 is 6.20. The summed E-state index contributed by atoms with van der Waals surface area (Å²) in [5.41, 5.74) is 1.65. The highest BCUT2D eigenvalue weighted by atomic mass is 35.5.